The summed E-state index contributed by atoms with van der Waals surface area (Å²) in [6.07, 6.45) is 2.63. The highest BCUT2D eigenvalue weighted by Crippen LogP contribution is 2.08. The molecule has 0 aliphatic carbocycles. The second-order valence-corrected chi connectivity index (χ2v) is 4.19. The zero-order chi connectivity index (χ0) is 11.3. The fourth-order valence-electron chi connectivity index (χ4n) is 1.02. The van der Waals surface area contributed by atoms with E-state index < -0.39 is 6.04 Å². The van der Waals surface area contributed by atoms with Crippen LogP contribution in [0.15, 0.2) is 10.6 Å². The minimum atomic E-state index is -0.491. The molecule has 0 aliphatic heterocycles. The van der Waals surface area contributed by atoms with Gasteiger partial charge in [-0.1, -0.05) is 5.16 Å². The fraction of sp³-hybridized carbons (Fsp3) is 0.556. The molecule has 0 saturated carbocycles. The Morgan fingerprint density at radius 2 is 2.53 bits per heavy atom. The Morgan fingerprint density at radius 1 is 1.80 bits per heavy atom. The van der Waals surface area contributed by atoms with Crippen LogP contribution in [0, 0.1) is 6.92 Å². The van der Waals surface area contributed by atoms with Gasteiger partial charge in [-0.3, -0.25) is 4.79 Å². The van der Waals surface area contributed by atoms with Gasteiger partial charge in [0.25, 0.3) is 0 Å². The fourth-order valence-corrected chi connectivity index (χ4v) is 1.51. The summed E-state index contributed by atoms with van der Waals surface area (Å²) in [4.78, 5) is 11.5. The molecular formula is C9H15N3O2S. The number of nitrogens with zero attached hydrogens (tertiary/aromatic N) is 1. The third-order valence-corrected chi connectivity index (χ3v) is 2.49. The largest absolute Gasteiger partial charge is 0.360 e. The Hall–Kier alpha value is -1.01. The van der Waals surface area contributed by atoms with Crippen LogP contribution in [0.1, 0.15) is 12.2 Å². The number of anilines is 1. The van der Waals surface area contributed by atoms with Crippen LogP contribution in [0.3, 0.4) is 0 Å². The molecule has 0 saturated heterocycles. The molecule has 1 aromatic rings. The summed E-state index contributed by atoms with van der Waals surface area (Å²) in [7, 11) is 0. The number of thioether (sulfide) groups is 1. The van der Waals surface area contributed by atoms with Crippen LogP contribution < -0.4 is 11.1 Å². The number of aromatic nitrogens is 1. The van der Waals surface area contributed by atoms with Gasteiger partial charge in [0.2, 0.25) is 5.91 Å². The van der Waals surface area contributed by atoms with E-state index in [0.29, 0.717) is 18.0 Å². The number of nitrogens with two attached hydrogens (primary N) is 1. The second kappa shape index (κ2) is 5.77. The van der Waals surface area contributed by atoms with E-state index >= 15 is 0 Å². The zero-order valence-corrected chi connectivity index (χ0v) is 9.63. The molecule has 3 N–H and O–H groups in total. The lowest BCUT2D eigenvalue weighted by Crippen LogP contribution is -2.36. The molecule has 0 aliphatic rings. The van der Waals surface area contributed by atoms with Crippen LogP contribution in [0.5, 0.6) is 0 Å². The van der Waals surface area contributed by atoms with E-state index in [9.17, 15) is 4.79 Å². The third-order valence-electron chi connectivity index (χ3n) is 1.85. The van der Waals surface area contributed by atoms with Crippen molar-refractivity contribution in [1.82, 2.24) is 5.16 Å². The highest BCUT2D eigenvalue weighted by atomic mass is 32.2. The number of carbonyl (C=O) groups is 1. The number of rotatable bonds is 5. The molecule has 15 heavy (non-hydrogen) atoms. The van der Waals surface area contributed by atoms with E-state index in [4.69, 9.17) is 10.3 Å². The summed E-state index contributed by atoms with van der Waals surface area (Å²) in [6, 6.07) is 1.16. The molecule has 84 valence electrons. The molecule has 0 unspecified atom stereocenters. The van der Waals surface area contributed by atoms with Gasteiger partial charge in [0.15, 0.2) is 5.82 Å². The number of hydrogen-bond acceptors (Lipinski definition) is 5. The number of amides is 1. The van der Waals surface area contributed by atoms with E-state index in [1.165, 1.54) is 0 Å². The van der Waals surface area contributed by atoms with Gasteiger partial charge in [0.1, 0.15) is 5.76 Å². The minimum absolute atomic E-state index is 0.225. The van der Waals surface area contributed by atoms with Crippen molar-refractivity contribution in [2.24, 2.45) is 5.73 Å². The van der Waals surface area contributed by atoms with Crippen LogP contribution in [0.4, 0.5) is 5.82 Å². The standard InChI is InChI=1S/C9H15N3O2S/c1-6-5-8(12-14-6)11-9(13)7(10)3-4-15-2/h5,7H,3-4,10H2,1-2H3,(H,11,12,13)/t7-/m0/s1. The summed E-state index contributed by atoms with van der Waals surface area (Å²) in [6.45, 7) is 1.76. The smallest absolute Gasteiger partial charge is 0.242 e. The number of aryl methyl sites for hydroxylation is 1. The maximum Gasteiger partial charge on any atom is 0.242 e. The maximum atomic E-state index is 11.5. The number of carbonyl (C=O) groups excluding carboxylic acids is 1. The molecule has 0 fully saturated rings. The van der Waals surface area contributed by atoms with Gasteiger partial charge < -0.3 is 15.6 Å². The number of hydrogen-bond donors (Lipinski definition) is 2. The van der Waals surface area contributed by atoms with Crippen LogP contribution >= 0.6 is 11.8 Å². The van der Waals surface area contributed by atoms with Crippen molar-refractivity contribution in [3.63, 3.8) is 0 Å². The predicted octanol–water partition coefficient (Wildman–Crippen LogP) is 1.00. The first-order valence-corrected chi connectivity index (χ1v) is 6.01. The summed E-state index contributed by atoms with van der Waals surface area (Å²) < 4.78 is 4.82. The van der Waals surface area contributed by atoms with Crippen molar-refractivity contribution < 1.29 is 9.32 Å². The van der Waals surface area contributed by atoms with E-state index in [1.54, 1.807) is 24.8 Å². The molecule has 6 heteroatoms. The van der Waals surface area contributed by atoms with Gasteiger partial charge >= 0.3 is 0 Å². The van der Waals surface area contributed by atoms with Crippen LogP contribution in [-0.2, 0) is 4.79 Å². The van der Waals surface area contributed by atoms with Crippen LogP contribution in [0.25, 0.3) is 0 Å². The van der Waals surface area contributed by atoms with Crippen molar-refractivity contribution in [2.45, 2.75) is 19.4 Å². The molecule has 1 heterocycles. The van der Waals surface area contributed by atoms with Gasteiger partial charge in [-0.15, -0.1) is 0 Å². The van der Waals surface area contributed by atoms with Crippen LogP contribution in [0.2, 0.25) is 0 Å². The van der Waals surface area contributed by atoms with Crippen LogP contribution in [-0.4, -0.2) is 29.1 Å². The highest BCUT2D eigenvalue weighted by molar-refractivity contribution is 7.98. The summed E-state index contributed by atoms with van der Waals surface area (Å²) >= 11 is 1.66. The normalized spacial score (nSPS) is 12.5. The molecule has 1 amide bonds. The van der Waals surface area contributed by atoms with Gasteiger partial charge in [0, 0.05) is 6.07 Å². The number of nitrogens with one attached hydrogen (secondary N) is 1. The first kappa shape index (κ1) is 12.1. The summed E-state index contributed by atoms with van der Waals surface area (Å²) in [5.74, 6) is 1.71. The average Bonchev–Trinajstić information content (AvgIpc) is 2.60. The van der Waals surface area contributed by atoms with Gasteiger partial charge in [-0.2, -0.15) is 11.8 Å². The van der Waals surface area contributed by atoms with Crippen molar-refractivity contribution in [2.75, 3.05) is 17.3 Å². The first-order chi connectivity index (χ1) is 7.13. The molecule has 0 radical (unpaired) electrons. The van der Waals surface area contributed by atoms with Gasteiger partial charge in [-0.05, 0) is 25.4 Å². The van der Waals surface area contributed by atoms with Crippen molar-refractivity contribution >= 4 is 23.5 Å². The Kier molecular flexibility index (Phi) is 4.64. The zero-order valence-electron chi connectivity index (χ0n) is 8.82. The topological polar surface area (TPSA) is 81.2 Å². The first-order valence-electron chi connectivity index (χ1n) is 4.62. The second-order valence-electron chi connectivity index (χ2n) is 3.20. The predicted molar refractivity (Wildman–Crippen MR) is 60.8 cm³/mol. The van der Waals surface area contributed by atoms with Crippen molar-refractivity contribution in [3.8, 4) is 0 Å². The van der Waals surface area contributed by atoms with Gasteiger partial charge in [-0.25, -0.2) is 0 Å². The van der Waals surface area contributed by atoms with E-state index in [-0.39, 0.29) is 5.91 Å². The Balaban J connectivity index is 2.41. The molecule has 5 nitrogen and oxygen atoms in total. The van der Waals surface area contributed by atoms with Crippen molar-refractivity contribution in [3.05, 3.63) is 11.8 Å². The molecule has 0 spiro atoms. The Morgan fingerprint density at radius 3 is 3.07 bits per heavy atom. The SMILES string of the molecule is CSCC[C@H](N)C(=O)Nc1cc(C)on1. The molecule has 1 rings (SSSR count). The maximum absolute atomic E-state index is 11.5. The molecule has 0 bridgehead atoms. The minimum Gasteiger partial charge on any atom is -0.360 e. The Bertz CT molecular complexity index is 327. The van der Waals surface area contributed by atoms with E-state index in [0.717, 1.165) is 5.75 Å². The summed E-state index contributed by atoms with van der Waals surface area (Å²) in [5, 5.41) is 6.24. The lowest BCUT2D eigenvalue weighted by atomic mass is 10.2. The molecular weight excluding hydrogens is 214 g/mol. The molecule has 0 aromatic carbocycles. The Labute approximate surface area is 92.8 Å². The van der Waals surface area contributed by atoms with E-state index in [2.05, 4.69) is 10.5 Å². The lowest BCUT2D eigenvalue weighted by molar-refractivity contribution is -0.117. The lowest BCUT2D eigenvalue weighted by Gasteiger charge is -2.08. The quantitative estimate of drug-likeness (QED) is 0.787. The van der Waals surface area contributed by atoms with E-state index in [1.807, 2.05) is 6.26 Å². The highest BCUT2D eigenvalue weighted by Gasteiger charge is 2.14. The molecule has 1 aromatic heterocycles. The third kappa shape index (κ3) is 3.93. The summed E-state index contributed by atoms with van der Waals surface area (Å²) in [5.41, 5.74) is 5.67. The molecule has 1 atom stereocenters. The average molecular weight is 229 g/mol. The van der Waals surface area contributed by atoms with Gasteiger partial charge in [0.05, 0.1) is 6.04 Å². The van der Waals surface area contributed by atoms with Crippen molar-refractivity contribution in [1.29, 1.82) is 0 Å². The monoisotopic (exact) mass is 229 g/mol.